The van der Waals surface area contributed by atoms with Crippen molar-refractivity contribution in [3.63, 3.8) is 0 Å². The third-order valence-electron chi connectivity index (χ3n) is 3.31. The van der Waals surface area contributed by atoms with Crippen molar-refractivity contribution < 1.29 is 4.79 Å². The number of rotatable bonds is 2. The van der Waals surface area contributed by atoms with E-state index in [0.717, 1.165) is 22.2 Å². The fraction of sp³-hybridized carbons (Fsp3) is 0.214. The maximum Gasteiger partial charge on any atom is 0.176 e. The lowest BCUT2D eigenvalue weighted by Crippen LogP contribution is -2.13. The highest BCUT2D eigenvalue weighted by Crippen LogP contribution is 2.36. The van der Waals surface area contributed by atoms with E-state index in [1.165, 1.54) is 22.5 Å². The van der Waals surface area contributed by atoms with E-state index in [2.05, 4.69) is 28.1 Å². The summed E-state index contributed by atoms with van der Waals surface area (Å²) in [4.78, 5) is 13.2. The van der Waals surface area contributed by atoms with Gasteiger partial charge in [0.1, 0.15) is 4.34 Å². The van der Waals surface area contributed by atoms with Crippen LogP contribution in [0.25, 0.3) is 0 Å². The molecule has 0 saturated heterocycles. The molecular weight excluding hydrogens is 332 g/mol. The van der Waals surface area contributed by atoms with Crippen molar-refractivity contribution in [2.45, 2.75) is 12.8 Å². The number of ketones is 1. The standard InChI is InChI=1S/C14H10BrClOS/c15-11-7-12(18-14(11)16)13(17)10-5-8-3-1-2-4-9(8)6-10/h1-4,7,10H,5-6H2. The molecule has 1 aliphatic carbocycles. The quantitative estimate of drug-likeness (QED) is 0.720. The molecule has 92 valence electrons. The summed E-state index contributed by atoms with van der Waals surface area (Å²) >= 11 is 10.7. The molecule has 0 bridgehead atoms. The highest BCUT2D eigenvalue weighted by molar-refractivity contribution is 9.10. The van der Waals surface area contributed by atoms with E-state index in [4.69, 9.17) is 11.6 Å². The second kappa shape index (κ2) is 4.80. The molecule has 1 aromatic carbocycles. The van der Waals surface area contributed by atoms with Crippen LogP contribution in [0.1, 0.15) is 20.8 Å². The third-order valence-corrected chi connectivity index (χ3v) is 5.80. The maximum absolute atomic E-state index is 12.4. The van der Waals surface area contributed by atoms with Crippen LogP contribution in [-0.4, -0.2) is 5.78 Å². The molecule has 0 spiro atoms. The third kappa shape index (κ3) is 2.15. The summed E-state index contributed by atoms with van der Waals surface area (Å²) in [7, 11) is 0. The van der Waals surface area contributed by atoms with Crippen LogP contribution in [-0.2, 0) is 12.8 Å². The van der Waals surface area contributed by atoms with Gasteiger partial charge in [-0.2, -0.15) is 0 Å². The monoisotopic (exact) mass is 340 g/mol. The molecule has 1 aromatic heterocycles. The van der Waals surface area contributed by atoms with Crippen molar-refractivity contribution in [1.29, 1.82) is 0 Å². The van der Waals surface area contributed by atoms with Gasteiger partial charge in [-0.3, -0.25) is 4.79 Å². The summed E-state index contributed by atoms with van der Waals surface area (Å²) in [5, 5.41) is 0. The average Bonchev–Trinajstić information content (AvgIpc) is 2.93. The number of thiophene rings is 1. The molecule has 1 aliphatic rings. The van der Waals surface area contributed by atoms with Crippen molar-refractivity contribution in [2.24, 2.45) is 5.92 Å². The van der Waals surface area contributed by atoms with Gasteiger partial charge in [0.25, 0.3) is 0 Å². The van der Waals surface area contributed by atoms with E-state index in [1.54, 1.807) is 0 Å². The number of benzene rings is 1. The lowest BCUT2D eigenvalue weighted by atomic mass is 10.00. The minimum atomic E-state index is 0.0732. The van der Waals surface area contributed by atoms with Crippen molar-refractivity contribution in [3.8, 4) is 0 Å². The summed E-state index contributed by atoms with van der Waals surface area (Å²) in [6.45, 7) is 0. The largest absolute Gasteiger partial charge is 0.293 e. The Morgan fingerprint density at radius 1 is 1.28 bits per heavy atom. The van der Waals surface area contributed by atoms with E-state index in [1.807, 2.05) is 18.2 Å². The molecule has 0 unspecified atom stereocenters. The molecule has 18 heavy (non-hydrogen) atoms. The summed E-state index contributed by atoms with van der Waals surface area (Å²) in [5.74, 6) is 0.285. The molecule has 0 aliphatic heterocycles. The highest BCUT2D eigenvalue weighted by atomic mass is 79.9. The van der Waals surface area contributed by atoms with Crippen molar-refractivity contribution in [1.82, 2.24) is 0 Å². The Kier molecular flexibility index (Phi) is 3.31. The van der Waals surface area contributed by atoms with Crippen LogP contribution in [0.5, 0.6) is 0 Å². The molecule has 1 nitrogen and oxygen atoms in total. The molecule has 0 radical (unpaired) electrons. The fourth-order valence-corrected chi connectivity index (χ4v) is 4.13. The molecule has 0 amide bonds. The number of hydrogen-bond acceptors (Lipinski definition) is 2. The Morgan fingerprint density at radius 3 is 2.39 bits per heavy atom. The van der Waals surface area contributed by atoms with Crippen molar-refractivity contribution >= 4 is 44.7 Å². The average molecular weight is 342 g/mol. The van der Waals surface area contributed by atoms with Gasteiger partial charge >= 0.3 is 0 Å². The number of halogens is 2. The Labute approximate surface area is 123 Å². The topological polar surface area (TPSA) is 17.1 Å². The second-order valence-corrected chi connectivity index (χ2v) is 6.98. The predicted molar refractivity (Wildman–Crippen MR) is 78.7 cm³/mol. The van der Waals surface area contributed by atoms with Crippen LogP contribution in [0.4, 0.5) is 0 Å². The smallest absolute Gasteiger partial charge is 0.176 e. The second-order valence-electron chi connectivity index (χ2n) is 4.47. The molecular formula is C14H10BrClOS. The summed E-state index contributed by atoms with van der Waals surface area (Å²) in [5.41, 5.74) is 2.61. The highest BCUT2D eigenvalue weighted by Gasteiger charge is 2.29. The lowest BCUT2D eigenvalue weighted by Gasteiger charge is -2.04. The minimum Gasteiger partial charge on any atom is -0.293 e. The first-order valence-electron chi connectivity index (χ1n) is 5.71. The SMILES string of the molecule is O=C(c1cc(Br)c(Cl)s1)C1Cc2ccccc2C1. The normalized spacial score (nSPS) is 14.8. The molecule has 0 fully saturated rings. The Balaban J connectivity index is 1.84. The van der Waals surface area contributed by atoms with E-state index >= 15 is 0 Å². The zero-order valence-electron chi connectivity index (χ0n) is 9.45. The van der Waals surface area contributed by atoms with Crippen LogP contribution in [0, 0.1) is 5.92 Å². The van der Waals surface area contributed by atoms with Crippen LogP contribution in [0.2, 0.25) is 4.34 Å². The Hall–Kier alpha value is -0.640. The molecule has 4 heteroatoms. The maximum atomic E-state index is 12.4. The number of Topliss-reactive ketones (excluding diaryl/α,β-unsaturated/α-hetero) is 1. The van der Waals surface area contributed by atoms with Gasteiger partial charge in [-0.15, -0.1) is 11.3 Å². The van der Waals surface area contributed by atoms with Gasteiger partial charge in [0.05, 0.1) is 4.88 Å². The van der Waals surface area contributed by atoms with Crippen LogP contribution in [0.3, 0.4) is 0 Å². The number of carbonyl (C=O) groups excluding carboxylic acids is 1. The zero-order chi connectivity index (χ0) is 12.7. The van der Waals surface area contributed by atoms with Gasteiger partial charge in [-0.05, 0) is 46.0 Å². The summed E-state index contributed by atoms with van der Waals surface area (Å²) < 4.78 is 1.46. The van der Waals surface area contributed by atoms with Gasteiger partial charge in [0.15, 0.2) is 5.78 Å². The fourth-order valence-electron chi connectivity index (χ4n) is 2.41. The van der Waals surface area contributed by atoms with Gasteiger partial charge < -0.3 is 0 Å². The predicted octanol–water partition coefficient (Wildman–Crippen LogP) is 4.76. The van der Waals surface area contributed by atoms with Gasteiger partial charge in [-0.25, -0.2) is 0 Å². The molecule has 2 aromatic rings. The van der Waals surface area contributed by atoms with Gasteiger partial charge in [0, 0.05) is 10.4 Å². The Bertz CT molecular complexity index is 576. The molecule has 1 heterocycles. The van der Waals surface area contributed by atoms with E-state index in [9.17, 15) is 4.79 Å². The Morgan fingerprint density at radius 2 is 1.89 bits per heavy atom. The first-order chi connectivity index (χ1) is 8.65. The van der Waals surface area contributed by atoms with E-state index < -0.39 is 0 Å². The van der Waals surface area contributed by atoms with Gasteiger partial charge in [-0.1, -0.05) is 35.9 Å². The minimum absolute atomic E-state index is 0.0732. The van der Waals surface area contributed by atoms with Crippen molar-refractivity contribution in [3.05, 3.63) is 55.1 Å². The molecule has 0 atom stereocenters. The van der Waals surface area contributed by atoms with Crippen LogP contribution >= 0.6 is 38.9 Å². The van der Waals surface area contributed by atoms with E-state index in [0.29, 0.717) is 4.34 Å². The van der Waals surface area contributed by atoms with Crippen molar-refractivity contribution in [2.75, 3.05) is 0 Å². The zero-order valence-corrected chi connectivity index (χ0v) is 12.6. The molecule has 0 saturated carbocycles. The number of hydrogen-bond donors (Lipinski definition) is 0. The lowest BCUT2D eigenvalue weighted by molar-refractivity contribution is 0.0929. The summed E-state index contributed by atoms with van der Waals surface area (Å²) in [6, 6.07) is 10.1. The molecule has 0 N–H and O–H groups in total. The van der Waals surface area contributed by atoms with Gasteiger partial charge in [0.2, 0.25) is 0 Å². The number of carbonyl (C=O) groups is 1. The molecule has 3 rings (SSSR count). The number of fused-ring (bicyclic) bond motifs is 1. The van der Waals surface area contributed by atoms with Crippen LogP contribution < -0.4 is 0 Å². The summed E-state index contributed by atoms with van der Waals surface area (Å²) in [6.07, 6.45) is 1.70. The van der Waals surface area contributed by atoms with E-state index in [-0.39, 0.29) is 11.7 Å². The first kappa shape index (κ1) is 12.4. The van der Waals surface area contributed by atoms with Crippen LogP contribution in [0.15, 0.2) is 34.8 Å². The first-order valence-corrected chi connectivity index (χ1v) is 7.69.